The second kappa shape index (κ2) is 24.7. The fourth-order valence-electron chi connectivity index (χ4n) is 5.09. The van der Waals surface area contributed by atoms with Crippen molar-refractivity contribution in [2.45, 2.75) is 129 Å². The maximum atomic E-state index is 13.5. The van der Waals surface area contributed by atoms with Crippen LogP contribution in [0, 0.1) is 5.92 Å². The van der Waals surface area contributed by atoms with Crippen molar-refractivity contribution in [2.24, 2.45) is 5.92 Å². The van der Waals surface area contributed by atoms with Gasteiger partial charge in [-0.1, -0.05) is 96.4 Å². The number of amides is 1. The fraction of sp³-hybridized carbons (Fsp3) is 0.694. The monoisotopic (exact) mass is 649 g/mol. The van der Waals surface area contributed by atoms with Crippen LogP contribution in [-0.4, -0.2) is 64.9 Å². The largest absolute Gasteiger partial charge is 0.494 e. The van der Waals surface area contributed by atoms with E-state index in [0.717, 1.165) is 37.7 Å². The molecule has 0 aliphatic rings. The number of aliphatic hydroxyl groups is 1. The molecule has 3 N–H and O–H groups in total. The number of carbonyl (C=O) groups excluding carboxylic acids is 2. The molecule has 0 fully saturated rings. The first-order valence-electron chi connectivity index (χ1n) is 17.0. The Labute approximate surface area is 276 Å². The van der Waals surface area contributed by atoms with Gasteiger partial charge in [0.15, 0.2) is 5.60 Å². The minimum Gasteiger partial charge on any atom is -0.494 e. The van der Waals surface area contributed by atoms with Gasteiger partial charge in [0.1, 0.15) is 11.8 Å². The summed E-state index contributed by atoms with van der Waals surface area (Å²) in [6.07, 6.45) is 17.1. The van der Waals surface area contributed by atoms with Gasteiger partial charge < -0.3 is 25.0 Å². The molecule has 0 heterocycles. The van der Waals surface area contributed by atoms with E-state index in [2.05, 4.69) is 19.2 Å². The molecule has 0 saturated carbocycles. The number of carboxylic acid groups (broad SMARTS) is 1. The summed E-state index contributed by atoms with van der Waals surface area (Å²) in [7, 11) is 1.24. The Balaban J connectivity index is 2.78. The molecule has 256 valence electrons. The molecule has 1 aromatic carbocycles. The van der Waals surface area contributed by atoms with Crippen molar-refractivity contribution in [3.05, 3.63) is 42.0 Å². The molecule has 0 saturated heterocycles. The highest BCUT2D eigenvalue weighted by Gasteiger charge is 2.46. The standard InChI is InChI=1S/C36H59NO7S/c1-5-8-10-14-17-26-45-27-18-15-12-11-13-16-19-31(36(42,24-7-3)35(40)41)33(38)37-32(34(39)43-4)28-29-20-22-30(23-21-29)44-25-9-6-2/h16,19-23,31-32,42H,5-15,17-18,24-28H2,1-4H3,(H,37,38)(H,40,41)/t31-,32+,36+/m1/s1. The van der Waals surface area contributed by atoms with E-state index in [-0.39, 0.29) is 12.8 Å². The summed E-state index contributed by atoms with van der Waals surface area (Å²) in [6.45, 7) is 6.70. The summed E-state index contributed by atoms with van der Waals surface area (Å²) >= 11 is 2.03. The Kier molecular flexibility index (Phi) is 22.2. The first-order valence-corrected chi connectivity index (χ1v) is 18.2. The number of methoxy groups -OCH3 is 1. The number of nitrogens with one attached hydrogen (secondary N) is 1. The van der Waals surface area contributed by atoms with Crippen molar-refractivity contribution in [1.29, 1.82) is 0 Å². The Morgan fingerprint density at radius 1 is 0.889 bits per heavy atom. The van der Waals surface area contributed by atoms with Crippen LogP contribution in [0.25, 0.3) is 0 Å². The van der Waals surface area contributed by atoms with Crippen LogP contribution < -0.4 is 10.1 Å². The summed E-state index contributed by atoms with van der Waals surface area (Å²) in [6, 6.07) is 6.20. The van der Waals surface area contributed by atoms with E-state index in [4.69, 9.17) is 9.47 Å². The second-order valence-corrected chi connectivity index (χ2v) is 13.0. The van der Waals surface area contributed by atoms with Gasteiger partial charge in [-0.2, -0.15) is 11.8 Å². The summed E-state index contributed by atoms with van der Waals surface area (Å²) in [5.74, 6) is -1.10. The SMILES string of the molecule is CCCCCCCSCCCCCCC=C[C@H](C(=O)N[C@@H](Cc1ccc(OCCCC)cc1)C(=O)OC)[C@@](O)(CCC)C(=O)O. The van der Waals surface area contributed by atoms with Crippen molar-refractivity contribution in [3.8, 4) is 5.75 Å². The zero-order valence-electron chi connectivity index (χ0n) is 28.2. The number of carbonyl (C=O) groups is 3. The van der Waals surface area contributed by atoms with Gasteiger partial charge in [0.25, 0.3) is 0 Å². The summed E-state index contributed by atoms with van der Waals surface area (Å²) in [5, 5.41) is 23.8. The number of carboxylic acids is 1. The maximum absolute atomic E-state index is 13.5. The third-order valence-corrected chi connectivity index (χ3v) is 9.02. The van der Waals surface area contributed by atoms with Crippen LogP contribution in [0.2, 0.25) is 0 Å². The average molecular weight is 650 g/mol. The predicted molar refractivity (Wildman–Crippen MR) is 184 cm³/mol. The lowest BCUT2D eigenvalue weighted by Crippen LogP contribution is -2.54. The van der Waals surface area contributed by atoms with E-state index in [1.807, 2.05) is 36.0 Å². The van der Waals surface area contributed by atoms with Crippen LogP contribution in [0.4, 0.5) is 0 Å². The third-order valence-electron chi connectivity index (χ3n) is 7.86. The van der Waals surface area contributed by atoms with Crippen LogP contribution in [0.3, 0.4) is 0 Å². The Bertz CT molecular complexity index is 984. The first kappa shape index (κ1) is 40.5. The molecule has 0 radical (unpaired) electrons. The van der Waals surface area contributed by atoms with Crippen molar-refractivity contribution in [2.75, 3.05) is 25.2 Å². The minimum absolute atomic E-state index is 0.108. The quantitative estimate of drug-likeness (QED) is 0.0509. The molecule has 0 aliphatic carbocycles. The molecule has 0 spiro atoms. The van der Waals surface area contributed by atoms with Gasteiger partial charge in [0.05, 0.1) is 19.6 Å². The minimum atomic E-state index is -2.30. The van der Waals surface area contributed by atoms with Crippen molar-refractivity contribution < 1.29 is 34.1 Å². The smallest absolute Gasteiger partial charge is 0.336 e. The van der Waals surface area contributed by atoms with E-state index >= 15 is 0 Å². The van der Waals surface area contributed by atoms with Gasteiger partial charge in [-0.3, -0.25) is 4.79 Å². The molecule has 1 amide bonds. The van der Waals surface area contributed by atoms with Gasteiger partial charge in [0, 0.05) is 6.42 Å². The summed E-state index contributed by atoms with van der Waals surface area (Å²) in [5.41, 5.74) is -1.53. The van der Waals surface area contributed by atoms with Crippen LogP contribution in [-0.2, 0) is 25.5 Å². The molecule has 0 bridgehead atoms. The van der Waals surface area contributed by atoms with Gasteiger partial charge in [-0.25, -0.2) is 9.59 Å². The Morgan fingerprint density at radius 3 is 2.09 bits per heavy atom. The van der Waals surface area contributed by atoms with E-state index in [1.165, 1.54) is 63.2 Å². The molecule has 0 aromatic heterocycles. The number of unbranched alkanes of at least 4 members (excludes halogenated alkanes) is 9. The number of hydrogen-bond acceptors (Lipinski definition) is 7. The topological polar surface area (TPSA) is 122 Å². The molecule has 1 rings (SSSR count). The average Bonchev–Trinajstić information content (AvgIpc) is 3.03. The van der Waals surface area contributed by atoms with Gasteiger partial charge in [-0.05, 0) is 67.7 Å². The normalized spacial score (nSPS) is 14.1. The molecule has 8 nitrogen and oxygen atoms in total. The predicted octanol–water partition coefficient (Wildman–Crippen LogP) is 7.51. The zero-order chi connectivity index (χ0) is 33.3. The summed E-state index contributed by atoms with van der Waals surface area (Å²) < 4.78 is 10.6. The molecule has 0 unspecified atom stereocenters. The van der Waals surface area contributed by atoms with Crippen LogP contribution in [0.5, 0.6) is 5.75 Å². The highest BCUT2D eigenvalue weighted by molar-refractivity contribution is 7.99. The number of hydrogen-bond donors (Lipinski definition) is 3. The summed E-state index contributed by atoms with van der Waals surface area (Å²) in [4.78, 5) is 38.4. The molecule has 9 heteroatoms. The number of benzene rings is 1. The number of ether oxygens (including phenoxy) is 2. The molecule has 1 aromatic rings. The van der Waals surface area contributed by atoms with Crippen LogP contribution >= 0.6 is 11.8 Å². The highest BCUT2D eigenvalue weighted by atomic mass is 32.2. The molecular formula is C36H59NO7S. The van der Waals surface area contributed by atoms with E-state index in [1.54, 1.807) is 13.0 Å². The third kappa shape index (κ3) is 16.6. The lowest BCUT2D eigenvalue weighted by Gasteiger charge is -2.30. The Morgan fingerprint density at radius 2 is 1.51 bits per heavy atom. The molecular weight excluding hydrogens is 590 g/mol. The second-order valence-electron chi connectivity index (χ2n) is 11.7. The Hall–Kier alpha value is -2.52. The lowest BCUT2D eigenvalue weighted by molar-refractivity contribution is -0.167. The van der Waals surface area contributed by atoms with Gasteiger partial charge >= 0.3 is 11.9 Å². The van der Waals surface area contributed by atoms with E-state index < -0.39 is 35.4 Å². The van der Waals surface area contributed by atoms with Gasteiger partial charge in [0.2, 0.25) is 5.91 Å². The lowest BCUT2D eigenvalue weighted by atomic mass is 9.82. The molecule has 45 heavy (non-hydrogen) atoms. The van der Waals surface area contributed by atoms with Gasteiger partial charge in [-0.15, -0.1) is 0 Å². The van der Waals surface area contributed by atoms with Crippen LogP contribution in [0.1, 0.15) is 116 Å². The molecule has 3 atom stereocenters. The first-order chi connectivity index (χ1) is 21.7. The van der Waals surface area contributed by atoms with E-state index in [0.29, 0.717) is 25.2 Å². The van der Waals surface area contributed by atoms with Crippen molar-refractivity contribution in [1.82, 2.24) is 5.32 Å². The highest BCUT2D eigenvalue weighted by Crippen LogP contribution is 2.27. The number of esters is 1. The van der Waals surface area contributed by atoms with Crippen LogP contribution in [0.15, 0.2) is 36.4 Å². The number of rotatable bonds is 27. The van der Waals surface area contributed by atoms with Crippen molar-refractivity contribution in [3.63, 3.8) is 0 Å². The zero-order valence-corrected chi connectivity index (χ0v) is 29.0. The molecule has 0 aliphatic heterocycles. The number of thioether (sulfide) groups is 1. The number of aliphatic carboxylic acids is 1. The fourth-order valence-corrected chi connectivity index (χ4v) is 6.11. The van der Waals surface area contributed by atoms with Crippen molar-refractivity contribution >= 4 is 29.6 Å². The van der Waals surface area contributed by atoms with E-state index in [9.17, 15) is 24.6 Å². The maximum Gasteiger partial charge on any atom is 0.336 e. The number of allylic oxidation sites excluding steroid dienone is 1.